The zero-order valence-electron chi connectivity index (χ0n) is 23.4. The molecule has 1 N–H and O–H groups in total. The molecule has 6 nitrogen and oxygen atoms in total. The van der Waals surface area contributed by atoms with Crippen LogP contribution in [0.25, 0.3) is 28.2 Å². The van der Waals surface area contributed by atoms with Crippen LogP contribution in [0.5, 0.6) is 0 Å². The number of nitrogens with one attached hydrogen (secondary N) is 1. The molecular weight excluding hydrogens is 571 g/mol. The summed E-state index contributed by atoms with van der Waals surface area (Å²) < 4.78 is 19.1. The molecule has 0 radical (unpaired) electrons. The first kappa shape index (κ1) is 28.2. The molecule has 0 unspecified atom stereocenters. The highest BCUT2D eigenvalue weighted by molar-refractivity contribution is 7.07. The Hall–Kier alpha value is -3.98. The summed E-state index contributed by atoms with van der Waals surface area (Å²) in [6.45, 7) is 7.35. The van der Waals surface area contributed by atoms with Gasteiger partial charge in [0.15, 0.2) is 0 Å². The topological polar surface area (TPSA) is 59.3 Å². The molecule has 42 heavy (non-hydrogen) atoms. The number of hydrogen-bond donors (Lipinski definition) is 1. The predicted octanol–water partition coefficient (Wildman–Crippen LogP) is 5.36. The SMILES string of the molecule is CCN(CC)CCCn1c(=C2C(=O)Nc3ccc(F)cc32)sc(=Cc2cn(-c3ccc(Cl)cc3)c3ccccc23)c1=O. The molecule has 0 bridgehead atoms. The Kier molecular flexibility index (Phi) is 7.86. The number of hydrogen-bond acceptors (Lipinski definition) is 4. The molecule has 0 saturated heterocycles. The van der Waals surface area contributed by atoms with Gasteiger partial charge < -0.3 is 14.8 Å². The van der Waals surface area contributed by atoms with Gasteiger partial charge in [0.1, 0.15) is 10.5 Å². The van der Waals surface area contributed by atoms with Gasteiger partial charge in [0, 0.05) is 45.7 Å². The fraction of sp³-hybridized carbons (Fsp3) is 0.212. The Balaban J connectivity index is 1.55. The van der Waals surface area contributed by atoms with E-state index in [1.807, 2.05) is 60.8 Å². The molecule has 0 spiro atoms. The van der Waals surface area contributed by atoms with Crippen molar-refractivity contribution in [2.45, 2.75) is 26.8 Å². The largest absolute Gasteiger partial charge is 0.321 e. The van der Waals surface area contributed by atoms with E-state index in [9.17, 15) is 14.0 Å². The molecule has 5 aromatic rings. The quantitative estimate of drug-likeness (QED) is 0.261. The van der Waals surface area contributed by atoms with Crippen LogP contribution < -0.4 is 20.1 Å². The first-order valence-electron chi connectivity index (χ1n) is 14.0. The van der Waals surface area contributed by atoms with Crippen LogP contribution in [0.4, 0.5) is 10.1 Å². The van der Waals surface area contributed by atoms with E-state index in [4.69, 9.17) is 11.6 Å². The fourth-order valence-electron chi connectivity index (χ4n) is 5.53. The molecule has 1 aliphatic heterocycles. The van der Waals surface area contributed by atoms with Crippen molar-refractivity contribution in [1.29, 1.82) is 0 Å². The van der Waals surface area contributed by atoms with Crippen LogP contribution in [0.1, 0.15) is 31.4 Å². The van der Waals surface area contributed by atoms with E-state index in [1.54, 1.807) is 10.6 Å². The second-order valence-corrected chi connectivity index (χ2v) is 11.7. The molecule has 0 fully saturated rings. The van der Waals surface area contributed by atoms with Crippen molar-refractivity contribution in [3.05, 3.63) is 114 Å². The third-order valence-corrected chi connectivity index (χ3v) is 9.11. The molecule has 9 heteroatoms. The zero-order chi connectivity index (χ0) is 29.4. The predicted molar refractivity (Wildman–Crippen MR) is 170 cm³/mol. The maximum Gasteiger partial charge on any atom is 0.269 e. The van der Waals surface area contributed by atoms with Gasteiger partial charge in [0.2, 0.25) is 0 Å². The number of thiazole rings is 1. The van der Waals surface area contributed by atoms with Crippen molar-refractivity contribution in [2.75, 3.05) is 25.0 Å². The van der Waals surface area contributed by atoms with Crippen molar-refractivity contribution in [2.24, 2.45) is 0 Å². The van der Waals surface area contributed by atoms with Crippen LogP contribution in [0.3, 0.4) is 0 Å². The highest BCUT2D eigenvalue weighted by Crippen LogP contribution is 2.31. The van der Waals surface area contributed by atoms with Crippen molar-refractivity contribution < 1.29 is 9.18 Å². The number of carbonyl (C=O) groups is 1. The first-order valence-corrected chi connectivity index (χ1v) is 15.2. The molecule has 1 amide bonds. The van der Waals surface area contributed by atoms with Gasteiger partial charge in [-0.1, -0.05) is 43.6 Å². The molecule has 3 aromatic carbocycles. The van der Waals surface area contributed by atoms with Crippen LogP contribution >= 0.6 is 22.9 Å². The fourth-order valence-corrected chi connectivity index (χ4v) is 6.84. The Bertz CT molecular complexity index is 1990. The molecule has 1 aliphatic rings. The summed E-state index contributed by atoms with van der Waals surface area (Å²) in [5, 5.41) is 4.49. The summed E-state index contributed by atoms with van der Waals surface area (Å²) in [6, 6.07) is 19.9. The summed E-state index contributed by atoms with van der Waals surface area (Å²) in [5.41, 5.74) is 4.02. The van der Waals surface area contributed by atoms with E-state index in [0.717, 1.165) is 48.2 Å². The number of para-hydroxylation sites is 1. The summed E-state index contributed by atoms with van der Waals surface area (Å²) in [6.07, 6.45) is 4.65. The van der Waals surface area contributed by atoms with Crippen molar-refractivity contribution in [3.63, 3.8) is 0 Å². The zero-order valence-corrected chi connectivity index (χ0v) is 24.9. The lowest BCUT2D eigenvalue weighted by Gasteiger charge is -2.17. The smallest absolute Gasteiger partial charge is 0.269 e. The second-order valence-electron chi connectivity index (χ2n) is 10.2. The third-order valence-electron chi connectivity index (χ3n) is 7.73. The minimum atomic E-state index is -0.434. The van der Waals surface area contributed by atoms with Crippen molar-refractivity contribution in [1.82, 2.24) is 14.0 Å². The highest BCUT2D eigenvalue weighted by atomic mass is 35.5. The number of halogens is 2. The molecule has 0 aliphatic carbocycles. The lowest BCUT2D eigenvalue weighted by atomic mass is 10.1. The lowest BCUT2D eigenvalue weighted by molar-refractivity contribution is -0.110. The second kappa shape index (κ2) is 11.7. The number of fused-ring (bicyclic) bond motifs is 2. The highest BCUT2D eigenvalue weighted by Gasteiger charge is 2.27. The summed E-state index contributed by atoms with van der Waals surface area (Å²) in [4.78, 5) is 29.5. The maximum atomic E-state index is 14.3. The first-order chi connectivity index (χ1) is 20.4. The van der Waals surface area contributed by atoms with E-state index in [0.29, 0.717) is 37.6 Å². The van der Waals surface area contributed by atoms with E-state index in [2.05, 4.69) is 28.6 Å². The molecule has 3 heterocycles. The lowest BCUT2D eigenvalue weighted by Crippen LogP contribution is -2.34. The normalized spacial score (nSPS) is 14.7. The van der Waals surface area contributed by atoms with Gasteiger partial charge in [0.25, 0.3) is 11.5 Å². The summed E-state index contributed by atoms with van der Waals surface area (Å²) in [7, 11) is 0. The van der Waals surface area contributed by atoms with E-state index in [1.165, 1.54) is 23.5 Å². The van der Waals surface area contributed by atoms with E-state index >= 15 is 0 Å². The summed E-state index contributed by atoms with van der Waals surface area (Å²) in [5.74, 6) is -0.767. The van der Waals surface area contributed by atoms with Gasteiger partial charge in [-0.25, -0.2) is 4.39 Å². The molecule has 2 aromatic heterocycles. The van der Waals surface area contributed by atoms with Crippen LogP contribution in [-0.2, 0) is 11.3 Å². The van der Waals surface area contributed by atoms with E-state index < -0.39 is 5.82 Å². The molecule has 0 saturated carbocycles. The average Bonchev–Trinajstić information content (AvgIpc) is 3.62. The van der Waals surface area contributed by atoms with Gasteiger partial charge in [-0.3, -0.25) is 14.2 Å². The van der Waals surface area contributed by atoms with E-state index in [-0.39, 0.29) is 11.5 Å². The minimum absolute atomic E-state index is 0.164. The van der Waals surface area contributed by atoms with Gasteiger partial charge in [-0.15, -0.1) is 11.3 Å². The maximum absolute atomic E-state index is 14.3. The standard InChI is InChI=1S/C33H30ClFN4O2S/c1-3-37(4-2)16-7-17-38-32(41)29(42-33(38)30-26-19-23(35)12-15-27(26)36-31(30)40)18-21-20-39(24-13-10-22(34)11-14-24)28-9-6-5-8-25(21)28/h5-6,8-15,18-20H,3-4,7,16-17H2,1-2H3,(H,36,40). The number of rotatable bonds is 8. The number of anilines is 1. The molecular formula is C33H30ClFN4O2S. The van der Waals surface area contributed by atoms with Crippen LogP contribution in [-0.4, -0.2) is 39.6 Å². The van der Waals surface area contributed by atoms with Crippen molar-refractivity contribution in [3.8, 4) is 5.69 Å². The van der Waals surface area contributed by atoms with Crippen LogP contribution in [0.15, 0.2) is 77.7 Å². The summed E-state index contributed by atoms with van der Waals surface area (Å²) >= 11 is 7.41. The molecule has 0 atom stereocenters. The monoisotopic (exact) mass is 600 g/mol. The van der Waals surface area contributed by atoms with Crippen LogP contribution in [0.2, 0.25) is 5.02 Å². The molecule has 6 rings (SSSR count). The Morgan fingerprint density at radius 2 is 1.79 bits per heavy atom. The van der Waals surface area contributed by atoms with Gasteiger partial charge >= 0.3 is 0 Å². The Morgan fingerprint density at radius 3 is 2.55 bits per heavy atom. The number of benzene rings is 3. The Labute approximate surface area is 251 Å². The number of aromatic nitrogens is 2. The minimum Gasteiger partial charge on any atom is -0.321 e. The van der Waals surface area contributed by atoms with Gasteiger partial charge in [0.05, 0.1) is 15.6 Å². The number of amides is 1. The molecule has 214 valence electrons. The van der Waals surface area contributed by atoms with Crippen molar-refractivity contribution >= 4 is 57.1 Å². The van der Waals surface area contributed by atoms with Gasteiger partial charge in [-0.2, -0.15) is 0 Å². The number of carbonyl (C=O) groups excluding carboxylic acids is 1. The Morgan fingerprint density at radius 1 is 1.02 bits per heavy atom. The van der Waals surface area contributed by atoms with Crippen LogP contribution in [0, 0.1) is 5.82 Å². The average molecular weight is 601 g/mol. The van der Waals surface area contributed by atoms with Gasteiger partial charge in [-0.05, 0) is 80.7 Å². The number of nitrogens with zero attached hydrogens (tertiary/aromatic N) is 3. The third kappa shape index (κ3) is 5.22.